The molecular weight excluding hydrogens is 418 g/mol. The van der Waals surface area contributed by atoms with Gasteiger partial charge in [-0.15, -0.1) is 0 Å². The number of amides is 1. The Hall–Kier alpha value is -4.14. The van der Waals surface area contributed by atoms with Gasteiger partial charge in [0.05, 0.1) is 5.69 Å². The quantitative estimate of drug-likeness (QED) is 0.296. The van der Waals surface area contributed by atoms with E-state index in [1.807, 2.05) is 37.4 Å². The number of hydrogen-bond acceptors (Lipinski definition) is 6. The summed E-state index contributed by atoms with van der Waals surface area (Å²) in [5, 5.41) is 7.09. The summed E-state index contributed by atoms with van der Waals surface area (Å²) in [6.45, 7) is 5.94. The lowest BCUT2D eigenvalue weighted by Crippen LogP contribution is -2.21. The van der Waals surface area contributed by atoms with E-state index in [1.54, 1.807) is 6.92 Å². The molecule has 3 aromatic heterocycles. The number of nitrogen functional groups attached to an aromatic ring is 1. The molecule has 4 rings (SSSR count). The van der Waals surface area contributed by atoms with Gasteiger partial charge >= 0.3 is 0 Å². The van der Waals surface area contributed by atoms with Gasteiger partial charge < -0.3 is 26.3 Å². The minimum atomic E-state index is -0.299. The van der Waals surface area contributed by atoms with Crippen molar-refractivity contribution in [2.75, 3.05) is 17.6 Å². The number of para-hydroxylation sites is 1. The lowest BCUT2D eigenvalue weighted by atomic mass is 10.1. The molecule has 0 aliphatic rings. The van der Waals surface area contributed by atoms with Crippen LogP contribution in [0.4, 0.5) is 11.6 Å². The molecule has 0 fully saturated rings. The monoisotopic (exact) mass is 445 g/mol. The van der Waals surface area contributed by atoms with Gasteiger partial charge in [0.2, 0.25) is 5.91 Å². The number of aromatic amines is 2. The standard InChI is InChI=1S/C24H27N7O2/c1-13-17(12-27-15(3)32)10-19(22(25)29-13)21-14(2)30-24(33)23(31-21)26-9-8-16-11-28-20-7-5-4-6-18(16)20/h4-7,10-11,28H,8-9,12H2,1-3H3,(H2,25,29)(H,26,31)(H,27,32)(H,30,33). The molecule has 4 aromatic rings. The first-order valence-corrected chi connectivity index (χ1v) is 10.7. The molecule has 170 valence electrons. The number of rotatable bonds is 7. The molecule has 0 saturated carbocycles. The second-order valence-corrected chi connectivity index (χ2v) is 8.00. The Morgan fingerprint density at radius 2 is 1.94 bits per heavy atom. The van der Waals surface area contributed by atoms with Gasteiger partial charge in [0.25, 0.3) is 5.56 Å². The number of carbonyl (C=O) groups is 1. The lowest BCUT2D eigenvalue weighted by molar-refractivity contribution is -0.119. The molecule has 9 heteroatoms. The molecule has 33 heavy (non-hydrogen) atoms. The lowest BCUT2D eigenvalue weighted by Gasteiger charge is -2.14. The van der Waals surface area contributed by atoms with Crippen LogP contribution in [0.15, 0.2) is 41.3 Å². The molecule has 0 unspecified atom stereocenters. The van der Waals surface area contributed by atoms with Gasteiger partial charge in [-0.1, -0.05) is 18.2 Å². The van der Waals surface area contributed by atoms with E-state index in [0.29, 0.717) is 35.9 Å². The molecule has 0 bridgehead atoms. The first kappa shape index (κ1) is 22.1. The van der Waals surface area contributed by atoms with Crippen LogP contribution in [0.25, 0.3) is 22.2 Å². The highest BCUT2D eigenvalue weighted by Crippen LogP contribution is 2.27. The predicted molar refractivity (Wildman–Crippen MR) is 130 cm³/mol. The number of pyridine rings is 1. The second kappa shape index (κ2) is 9.15. The SMILES string of the molecule is CC(=O)NCc1cc(-c2nc(NCCc3c[nH]c4ccccc34)c(=O)[nH]c2C)c(N)nc1C. The average molecular weight is 446 g/mol. The van der Waals surface area contributed by atoms with Crippen molar-refractivity contribution in [3.63, 3.8) is 0 Å². The maximum absolute atomic E-state index is 12.5. The molecule has 0 radical (unpaired) electrons. The summed E-state index contributed by atoms with van der Waals surface area (Å²) in [6.07, 6.45) is 2.71. The van der Waals surface area contributed by atoms with Gasteiger partial charge in [-0.3, -0.25) is 9.59 Å². The van der Waals surface area contributed by atoms with Crippen molar-refractivity contribution in [1.82, 2.24) is 25.3 Å². The van der Waals surface area contributed by atoms with Crippen molar-refractivity contribution >= 4 is 28.4 Å². The van der Waals surface area contributed by atoms with E-state index in [1.165, 1.54) is 6.92 Å². The number of aromatic nitrogens is 4. The summed E-state index contributed by atoms with van der Waals surface area (Å²) >= 11 is 0. The fraction of sp³-hybridized carbons (Fsp3) is 0.250. The Balaban J connectivity index is 1.59. The van der Waals surface area contributed by atoms with Crippen LogP contribution in [-0.4, -0.2) is 32.4 Å². The Morgan fingerprint density at radius 1 is 1.15 bits per heavy atom. The van der Waals surface area contributed by atoms with Crippen LogP contribution in [0.1, 0.15) is 29.4 Å². The Bertz CT molecular complexity index is 1390. The summed E-state index contributed by atoms with van der Waals surface area (Å²) in [7, 11) is 0. The van der Waals surface area contributed by atoms with E-state index in [-0.39, 0.29) is 17.3 Å². The van der Waals surface area contributed by atoms with Gasteiger partial charge in [-0.2, -0.15) is 0 Å². The summed E-state index contributed by atoms with van der Waals surface area (Å²) in [5.41, 5.74) is 11.4. The number of benzene rings is 1. The summed E-state index contributed by atoms with van der Waals surface area (Å²) in [4.78, 5) is 39.0. The molecule has 0 aliphatic carbocycles. The van der Waals surface area contributed by atoms with Crippen molar-refractivity contribution in [2.45, 2.75) is 33.7 Å². The van der Waals surface area contributed by atoms with Crippen LogP contribution in [0, 0.1) is 13.8 Å². The Morgan fingerprint density at radius 3 is 2.73 bits per heavy atom. The third-order valence-corrected chi connectivity index (χ3v) is 5.59. The highest BCUT2D eigenvalue weighted by Gasteiger charge is 2.16. The molecule has 1 amide bonds. The minimum Gasteiger partial charge on any atom is -0.383 e. The zero-order valence-electron chi connectivity index (χ0n) is 18.9. The van der Waals surface area contributed by atoms with E-state index in [9.17, 15) is 9.59 Å². The van der Waals surface area contributed by atoms with E-state index in [2.05, 4.69) is 36.6 Å². The van der Waals surface area contributed by atoms with Gasteiger partial charge in [0.15, 0.2) is 5.82 Å². The first-order chi connectivity index (χ1) is 15.8. The van der Waals surface area contributed by atoms with Crippen LogP contribution < -0.4 is 21.9 Å². The zero-order chi connectivity index (χ0) is 23.5. The fourth-order valence-corrected chi connectivity index (χ4v) is 3.82. The molecule has 0 saturated heterocycles. The molecule has 0 atom stereocenters. The number of nitrogens with two attached hydrogens (primary N) is 1. The van der Waals surface area contributed by atoms with Crippen LogP contribution in [0.5, 0.6) is 0 Å². The van der Waals surface area contributed by atoms with Gasteiger partial charge in [0.1, 0.15) is 5.82 Å². The van der Waals surface area contributed by atoms with Crippen LogP contribution in [0.3, 0.4) is 0 Å². The Kier molecular flexibility index (Phi) is 6.12. The van der Waals surface area contributed by atoms with E-state index in [0.717, 1.165) is 34.1 Å². The summed E-state index contributed by atoms with van der Waals surface area (Å²) < 4.78 is 0. The van der Waals surface area contributed by atoms with Gasteiger partial charge in [-0.05, 0) is 43.5 Å². The number of nitrogens with one attached hydrogen (secondary N) is 4. The first-order valence-electron chi connectivity index (χ1n) is 10.7. The van der Waals surface area contributed by atoms with Crippen LogP contribution >= 0.6 is 0 Å². The topological polar surface area (TPSA) is 142 Å². The van der Waals surface area contributed by atoms with Crippen LogP contribution in [0.2, 0.25) is 0 Å². The third-order valence-electron chi connectivity index (χ3n) is 5.59. The molecule has 3 heterocycles. The van der Waals surface area contributed by atoms with Crippen molar-refractivity contribution < 1.29 is 4.79 Å². The second-order valence-electron chi connectivity index (χ2n) is 8.00. The normalized spacial score (nSPS) is 11.0. The number of anilines is 2. The maximum atomic E-state index is 12.5. The number of aryl methyl sites for hydroxylation is 2. The largest absolute Gasteiger partial charge is 0.383 e. The van der Waals surface area contributed by atoms with Gasteiger partial charge in [0, 0.05) is 54.1 Å². The zero-order valence-corrected chi connectivity index (χ0v) is 18.9. The van der Waals surface area contributed by atoms with Gasteiger partial charge in [-0.25, -0.2) is 9.97 Å². The van der Waals surface area contributed by atoms with Crippen molar-refractivity contribution in [1.29, 1.82) is 0 Å². The predicted octanol–water partition coefficient (Wildman–Crippen LogP) is 2.80. The number of hydrogen-bond donors (Lipinski definition) is 5. The maximum Gasteiger partial charge on any atom is 0.290 e. The molecule has 6 N–H and O–H groups in total. The molecule has 0 aliphatic heterocycles. The molecule has 1 aromatic carbocycles. The highest BCUT2D eigenvalue weighted by molar-refractivity contribution is 5.83. The number of carbonyl (C=O) groups excluding carboxylic acids is 1. The van der Waals surface area contributed by atoms with Crippen molar-refractivity contribution in [3.8, 4) is 11.3 Å². The van der Waals surface area contributed by atoms with Crippen molar-refractivity contribution in [3.05, 3.63) is 69.4 Å². The average Bonchev–Trinajstić information content (AvgIpc) is 3.18. The number of H-pyrrole nitrogens is 2. The van der Waals surface area contributed by atoms with Crippen molar-refractivity contribution in [2.24, 2.45) is 0 Å². The van der Waals surface area contributed by atoms with Crippen LogP contribution in [-0.2, 0) is 17.8 Å². The molecule has 0 spiro atoms. The molecule has 9 nitrogen and oxygen atoms in total. The Labute approximate surface area is 190 Å². The highest BCUT2D eigenvalue weighted by atomic mass is 16.1. The third kappa shape index (κ3) is 4.72. The van der Waals surface area contributed by atoms with E-state index < -0.39 is 0 Å². The number of nitrogens with zero attached hydrogens (tertiary/aromatic N) is 2. The van der Waals surface area contributed by atoms with E-state index >= 15 is 0 Å². The molecular formula is C24H27N7O2. The fourth-order valence-electron chi connectivity index (χ4n) is 3.82. The summed E-state index contributed by atoms with van der Waals surface area (Å²) in [6, 6.07) is 9.96. The summed E-state index contributed by atoms with van der Waals surface area (Å²) in [5.74, 6) is 0.401. The smallest absolute Gasteiger partial charge is 0.290 e. The number of fused-ring (bicyclic) bond motifs is 1. The minimum absolute atomic E-state index is 0.132. The van der Waals surface area contributed by atoms with E-state index in [4.69, 9.17) is 5.73 Å².